The van der Waals surface area contributed by atoms with Gasteiger partial charge in [0.05, 0.1) is 48.1 Å². The molecule has 0 radical (unpaired) electrons. The van der Waals surface area contributed by atoms with E-state index in [0.717, 1.165) is 203 Å². The minimum absolute atomic E-state index is 0.631. The zero-order valence-electron chi connectivity index (χ0n) is 73.9. The number of unbranched alkanes of at least 4 members (excludes halogenated alkanes) is 18. The zero-order valence-corrected chi connectivity index (χ0v) is 77.2. The van der Waals surface area contributed by atoms with Gasteiger partial charge >= 0.3 is 0 Å². The summed E-state index contributed by atoms with van der Waals surface area (Å²) < 4.78 is 42.9. The molecule has 12 rings (SSSR count). The Labute approximate surface area is 757 Å². The van der Waals surface area contributed by atoms with Gasteiger partial charge in [0.15, 0.2) is 0 Å². The third-order valence-corrected chi connectivity index (χ3v) is 26.6. The fraction of sp³-hybridized carbons (Fsp3) is 0.319. The predicted molar refractivity (Wildman–Crippen MR) is 547 cm³/mol. The molecule has 2 aliphatic heterocycles. The second-order valence-electron chi connectivity index (χ2n) is 32.0. The lowest BCUT2D eigenvalue weighted by molar-refractivity contribution is 0.112. The molecule has 644 valence electrons. The van der Waals surface area contributed by atoms with Gasteiger partial charge in [-0.05, 0) is 169 Å². The summed E-state index contributed by atoms with van der Waals surface area (Å²) in [5.74, 6) is 5.01. The van der Waals surface area contributed by atoms with Gasteiger partial charge in [0.2, 0.25) is 0 Å². The summed E-state index contributed by atoms with van der Waals surface area (Å²) in [4.78, 5) is 11.4. The predicted octanol–water partition coefficient (Wildman–Crippen LogP) is 32.8. The first-order chi connectivity index (χ1) is 61.2. The molecule has 0 aromatic heterocycles. The minimum Gasteiger partial charge on any atom is -0.493 e. The van der Waals surface area contributed by atoms with Gasteiger partial charge in [0, 0.05) is 49.4 Å². The number of benzene rings is 10. The maximum atomic E-state index is 11.4. The summed E-state index contributed by atoms with van der Waals surface area (Å²) in [6.07, 6.45) is 58.1. The second-order valence-corrected chi connectivity index (χ2v) is 36.2. The first kappa shape index (κ1) is 93.2. The Hall–Kier alpha value is -10.0. The Bertz CT molecular complexity index is 5450. The summed E-state index contributed by atoms with van der Waals surface area (Å²) >= 11 is 7.29. The van der Waals surface area contributed by atoms with Crippen LogP contribution in [0.3, 0.4) is 0 Å². The van der Waals surface area contributed by atoms with Crippen molar-refractivity contribution in [2.24, 2.45) is 0 Å². The van der Waals surface area contributed by atoms with Gasteiger partial charge in [-0.1, -0.05) is 423 Å². The van der Waals surface area contributed by atoms with Crippen LogP contribution in [0.4, 0.5) is 0 Å². The highest BCUT2D eigenvalue weighted by atomic mass is 32.2. The molecule has 0 amide bonds. The van der Waals surface area contributed by atoms with Crippen molar-refractivity contribution in [2.75, 3.05) is 39.6 Å². The molecule has 0 fully saturated rings. The molecule has 0 unspecified atom stereocenters. The van der Waals surface area contributed by atoms with E-state index < -0.39 is 0 Å². The van der Waals surface area contributed by atoms with E-state index in [-0.39, 0.29) is 0 Å². The van der Waals surface area contributed by atoms with E-state index in [9.17, 15) is 4.79 Å². The van der Waals surface area contributed by atoms with E-state index in [1.165, 1.54) is 110 Å². The van der Waals surface area contributed by atoms with E-state index in [2.05, 4.69) is 300 Å². The molecule has 2 heterocycles. The molecule has 2 aliphatic rings. The molecule has 0 saturated heterocycles. The average molecular weight is 1720 g/mol. The molecule has 0 saturated carbocycles. The van der Waals surface area contributed by atoms with E-state index in [0.29, 0.717) is 45.2 Å². The van der Waals surface area contributed by atoms with E-state index >= 15 is 0 Å². The number of hydrogen-bond acceptors (Lipinski definition) is 11. The number of rotatable bonds is 51. The Morgan fingerprint density at radius 1 is 0.218 bits per heavy atom. The number of fused-ring (bicyclic) bond motifs is 2. The van der Waals surface area contributed by atoms with Gasteiger partial charge in [-0.25, -0.2) is 0 Å². The smallest absolute Gasteiger partial charge is 0.150 e. The number of aldehydes is 1. The second kappa shape index (κ2) is 52.1. The minimum atomic E-state index is 0.631. The third-order valence-electron chi connectivity index (χ3n) is 22.3. The quantitative estimate of drug-likeness (QED) is 0.0158. The standard InChI is InChI=1S/C113H126O7S4/c1-7-13-19-27-67-115-104-79-95(105(116-68-28-20-14-8-2)78-94(104)60-53-86-37-35-85(36-38-86)47-50-92-59-66-102-103(77-92)111(113-123-75-76-124-113)101-34-26-25-33-100(101)110(102)112-121-73-74-122-112)61-54-87-39-41-88(42-40-87)55-62-96-80-107(118-70-30-22-16-10-4)97(81-106(96)117-69-29-21-15-9-3)63-56-89-43-45-90(46-44-89)57-64-98-82-109(120-72-32-24-18-12-6)99(83-108(98)119-71-31-23-17-11-5)65-58-91-48-51-93(84-114)52-49-91/h25-26,33-66,73-84H,7-24,27-32,67-72H2,1-6H3/b50-47+,60-53+,61-54+,62-55+,63-56+,64-57+,65-58+. The van der Waals surface area contributed by atoms with Crippen LogP contribution in [0.25, 0.3) is 115 Å². The van der Waals surface area contributed by atoms with Gasteiger partial charge < -0.3 is 28.4 Å². The van der Waals surface area contributed by atoms with Crippen LogP contribution in [0.2, 0.25) is 0 Å². The van der Waals surface area contributed by atoms with Crippen molar-refractivity contribution in [1.29, 1.82) is 0 Å². The Morgan fingerprint density at radius 3 is 0.669 bits per heavy atom. The lowest BCUT2D eigenvalue weighted by Gasteiger charge is -2.16. The maximum Gasteiger partial charge on any atom is 0.150 e. The van der Waals surface area contributed by atoms with Crippen LogP contribution < -0.4 is 38.9 Å². The highest BCUT2D eigenvalue weighted by Gasteiger charge is 2.19. The first-order valence-electron chi connectivity index (χ1n) is 45.8. The molecule has 0 bridgehead atoms. The van der Waals surface area contributed by atoms with E-state index in [1.807, 2.05) is 71.3 Å². The number of carbonyl (C=O) groups excluding carboxylic acids is 1. The van der Waals surface area contributed by atoms with Gasteiger partial charge in [-0.2, -0.15) is 0 Å². The van der Waals surface area contributed by atoms with Crippen molar-refractivity contribution in [1.82, 2.24) is 0 Å². The van der Waals surface area contributed by atoms with Gasteiger partial charge in [-0.15, -0.1) is 0 Å². The van der Waals surface area contributed by atoms with Crippen molar-refractivity contribution in [3.8, 4) is 34.5 Å². The molecule has 11 heteroatoms. The van der Waals surface area contributed by atoms with Crippen LogP contribution in [-0.2, 0) is 0 Å². The molecular weight excluding hydrogens is 1600 g/mol. The summed E-state index contributed by atoms with van der Waals surface area (Å²) in [6.45, 7) is 17.3. The summed E-state index contributed by atoms with van der Waals surface area (Å²) in [6, 6.07) is 62.8. The summed E-state index contributed by atoms with van der Waals surface area (Å²) in [5, 5.41) is 16.6. The van der Waals surface area contributed by atoms with Crippen LogP contribution in [0.5, 0.6) is 34.5 Å². The topological polar surface area (TPSA) is 72.5 Å². The fourth-order valence-corrected chi connectivity index (χ4v) is 19.0. The van der Waals surface area contributed by atoms with Gasteiger partial charge in [0.1, 0.15) is 40.8 Å². The molecular formula is C113H126O7S4. The highest BCUT2D eigenvalue weighted by Crippen LogP contribution is 2.43. The van der Waals surface area contributed by atoms with Crippen LogP contribution in [0.15, 0.2) is 198 Å². The van der Waals surface area contributed by atoms with Crippen molar-refractivity contribution in [2.45, 2.75) is 196 Å². The Kier molecular flexibility index (Phi) is 39.1. The van der Waals surface area contributed by atoms with Crippen molar-refractivity contribution < 1.29 is 33.2 Å². The van der Waals surface area contributed by atoms with E-state index in [1.54, 1.807) is 0 Å². The van der Waals surface area contributed by atoms with Crippen LogP contribution in [0, 0.1) is 0 Å². The third kappa shape index (κ3) is 28.8. The van der Waals surface area contributed by atoms with Crippen LogP contribution >= 0.6 is 47.0 Å². The Morgan fingerprint density at radius 2 is 0.427 bits per heavy atom. The van der Waals surface area contributed by atoms with Crippen molar-refractivity contribution >= 4 is 168 Å². The lowest BCUT2D eigenvalue weighted by atomic mass is 9.97. The number of carbonyl (C=O) groups is 1. The SMILES string of the molecule is CCCCCCOc1cc(/C=C/c2ccc(/C=C/c3cc(OCCCCCC)c(/C=C/c4ccc(/C=C/c5cc(OCCCCCC)c(/C=C/c6ccc(/C=C/c7ccc8c(=C9SC=CS9)c9ccccc9c(=C9SC=CS9)c8c7)cc6)cc5OCCCCCC)cc4)cc3OCCCCCC)cc2)c(OCCCCCC)cc1/C=C/c1ccc(C=O)cc1. The Balaban J connectivity index is 0.773. The molecule has 0 aliphatic carbocycles. The van der Waals surface area contributed by atoms with Crippen molar-refractivity contribution in [3.63, 3.8) is 0 Å². The number of thioether (sulfide) groups is 4. The van der Waals surface area contributed by atoms with Gasteiger partial charge in [-0.3, -0.25) is 4.79 Å². The molecule has 7 nitrogen and oxygen atoms in total. The lowest BCUT2D eigenvalue weighted by Crippen LogP contribution is -2.16. The molecule has 0 atom stereocenters. The highest BCUT2D eigenvalue weighted by molar-refractivity contribution is 8.35. The van der Waals surface area contributed by atoms with Gasteiger partial charge in [0.25, 0.3) is 0 Å². The largest absolute Gasteiger partial charge is 0.493 e. The molecule has 0 spiro atoms. The molecule has 0 N–H and O–H groups in total. The molecule has 10 aromatic rings. The zero-order chi connectivity index (χ0) is 86.0. The van der Waals surface area contributed by atoms with Crippen LogP contribution in [0.1, 0.15) is 284 Å². The maximum absolute atomic E-state index is 11.4. The summed E-state index contributed by atoms with van der Waals surface area (Å²) in [5.41, 5.74) is 15.2. The number of ether oxygens (including phenoxy) is 6. The average Bonchev–Trinajstić information content (AvgIpc) is 0.977. The number of hydrogen-bond donors (Lipinski definition) is 0. The van der Waals surface area contributed by atoms with E-state index in [4.69, 9.17) is 28.4 Å². The van der Waals surface area contributed by atoms with Crippen molar-refractivity contribution in [3.05, 3.63) is 291 Å². The molecule has 124 heavy (non-hydrogen) atoms. The monoisotopic (exact) mass is 1720 g/mol. The fourth-order valence-electron chi connectivity index (χ4n) is 15.1. The summed E-state index contributed by atoms with van der Waals surface area (Å²) in [7, 11) is 0. The normalized spacial score (nSPS) is 13.0. The first-order valence-corrected chi connectivity index (χ1v) is 49.4. The van der Waals surface area contributed by atoms with Crippen LogP contribution in [-0.4, -0.2) is 45.9 Å². The molecule has 10 aromatic carbocycles.